The van der Waals surface area contributed by atoms with Crippen LogP contribution < -0.4 is 15.4 Å². The van der Waals surface area contributed by atoms with Crippen molar-refractivity contribution < 1.29 is 33.5 Å². The maximum atomic E-state index is 14.4. The molecule has 1 fully saturated rings. The number of fused-ring (bicyclic) bond motifs is 1. The number of rotatable bonds is 7. The third-order valence-electron chi connectivity index (χ3n) is 9.37. The average Bonchev–Trinajstić information content (AvgIpc) is 3.37. The van der Waals surface area contributed by atoms with E-state index < -0.39 is 12.1 Å². The predicted molar refractivity (Wildman–Crippen MR) is 180 cm³/mol. The number of amides is 4. The first-order valence-electron chi connectivity index (χ1n) is 17.1. The van der Waals surface area contributed by atoms with Crippen LogP contribution in [0.1, 0.15) is 93.9 Å². The first kappa shape index (κ1) is 36.2. The van der Waals surface area contributed by atoms with Crippen LogP contribution in [0.4, 0.5) is 16.2 Å². The highest BCUT2D eigenvalue weighted by molar-refractivity contribution is 6.03. The van der Waals surface area contributed by atoms with Crippen LogP contribution in [0.2, 0.25) is 0 Å². The first-order chi connectivity index (χ1) is 22.5. The highest BCUT2D eigenvalue weighted by Gasteiger charge is 2.32. The van der Waals surface area contributed by atoms with Crippen molar-refractivity contribution >= 4 is 29.2 Å². The Morgan fingerprint density at radius 2 is 1.81 bits per heavy atom. The van der Waals surface area contributed by atoms with E-state index in [1.807, 2.05) is 20.9 Å². The molecule has 1 saturated carbocycles. The van der Waals surface area contributed by atoms with Gasteiger partial charge in [0.15, 0.2) is 5.76 Å². The number of aryl methyl sites for hydroxylation is 2. The number of hydrogen-bond donors (Lipinski definition) is 3. The fourth-order valence-corrected chi connectivity index (χ4v) is 6.42. The molecular weight excluding hydrogens is 602 g/mol. The fourth-order valence-electron chi connectivity index (χ4n) is 6.42. The molecular formula is C35H53N5O7. The van der Waals surface area contributed by atoms with E-state index in [1.165, 1.54) is 6.42 Å². The molecule has 2 aliphatic rings. The Hall–Kier alpha value is -3.64. The second-order valence-corrected chi connectivity index (χ2v) is 13.3. The van der Waals surface area contributed by atoms with Crippen molar-refractivity contribution in [2.24, 2.45) is 11.8 Å². The Labute approximate surface area is 278 Å². The maximum absolute atomic E-state index is 14.4. The number of nitrogens with one attached hydrogen (secondary N) is 2. The third-order valence-corrected chi connectivity index (χ3v) is 9.37. The van der Waals surface area contributed by atoms with Gasteiger partial charge in [-0.25, -0.2) is 4.79 Å². The Morgan fingerprint density at radius 1 is 1.09 bits per heavy atom. The average molecular weight is 656 g/mol. The molecule has 0 spiro atoms. The zero-order valence-electron chi connectivity index (χ0n) is 28.8. The van der Waals surface area contributed by atoms with Gasteiger partial charge in [-0.15, -0.1) is 0 Å². The number of likely N-dealkylation sites (N-methyl/N-ethyl adjacent to an activating group) is 1. The monoisotopic (exact) mass is 655 g/mol. The number of nitrogens with zero attached hydrogens (tertiary/aromatic N) is 3. The van der Waals surface area contributed by atoms with Gasteiger partial charge in [0.25, 0.3) is 5.91 Å². The lowest BCUT2D eigenvalue weighted by molar-refractivity contribution is -0.137. The van der Waals surface area contributed by atoms with Gasteiger partial charge in [0, 0.05) is 44.3 Å². The van der Waals surface area contributed by atoms with Crippen molar-refractivity contribution in [1.29, 1.82) is 0 Å². The second-order valence-electron chi connectivity index (χ2n) is 13.3. The summed E-state index contributed by atoms with van der Waals surface area (Å²) < 4.78 is 17.9. The van der Waals surface area contributed by atoms with Crippen LogP contribution in [0.5, 0.6) is 5.75 Å². The molecule has 0 unspecified atom stereocenters. The molecule has 12 heteroatoms. The molecule has 47 heavy (non-hydrogen) atoms. The summed E-state index contributed by atoms with van der Waals surface area (Å²) in [7, 11) is 1.85. The smallest absolute Gasteiger partial charge is 0.323 e. The van der Waals surface area contributed by atoms with Crippen LogP contribution in [-0.2, 0) is 9.53 Å². The number of urea groups is 1. The molecule has 1 aromatic heterocycles. The van der Waals surface area contributed by atoms with Gasteiger partial charge in [0.2, 0.25) is 5.91 Å². The molecule has 1 aliphatic carbocycles. The standard InChI is InChI=1S/C35H53N5O7/c1-22-19-40(23(2)21-41)34(43)29-18-28(36-35(44)37-32-25(4)38-47-26(32)5)15-16-30(29)46-24(3)12-10-11-17-45-31(22)20-39(6)33(42)27-13-8-7-9-14-27/h15-16,18,22-24,27,31,41H,7-14,17,19-21H2,1-6H3,(H2,36,37,44)/t22-,23+,24+,31-/m0/s1. The number of hydrogen-bond acceptors (Lipinski definition) is 8. The number of benzene rings is 1. The molecule has 4 atom stereocenters. The van der Waals surface area contributed by atoms with Gasteiger partial charge in [-0.05, 0) is 78.0 Å². The minimum absolute atomic E-state index is 0.0577. The minimum Gasteiger partial charge on any atom is -0.490 e. The highest BCUT2D eigenvalue weighted by Crippen LogP contribution is 2.30. The summed E-state index contributed by atoms with van der Waals surface area (Å²) in [6.07, 6.45) is 7.20. The first-order valence-corrected chi connectivity index (χ1v) is 17.1. The molecule has 4 rings (SSSR count). The van der Waals surface area contributed by atoms with Crippen molar-refractivity contribution in [3.63, 3.8) is 0 Å². The van der Waals surface area contributed by atoms with Gasteiger partial charge < -0.3 is 39.5 Å². The number of aliphatic hydroxyl groups is 1. The Morgan fingerprint density at radius 3 is 2.49 bits per heavy atom. The predicted octanol–water partition coefficient (Wildman–Crippen LogP) is 5.77. The lowest BCUT2D eigenvalue weighted by Crippen LogP contribution is -2.48. The van der Waals surface area contributed by atoms with Crippen LogP contribution in [0.15, 0.2) is 22.7 Å². The highest BCUT2D eigenvalue weighted by atomic mass is 16.5. The van der Waals surface area contributed by atoms with E-state index in [0.29, 0.717) is 41.7 Å². The van der Waals surface area contributed by atoms with Crippen molar-refractivity contribution in [2.45, 2.75) is 104 Å². The number of aromatic nitrogens is 1. The summed E-state index contributed by atoms with van der Waals surface area (Å²) in [5.41, 5.74) is 1.70. The van der Waals surface area contributed by atoms with Gasteiger partial charge in [-0.3, -0.25) is 9.59 Å². The normalized spacial score (nSPS) is 22.4. The van der Waals surface area contributed by atoms with Crippen molar-refractivity contribution in [3.8, 4) is 5.75 Å². The molecule has 3 N–H and O–H groups in total. The van der Waals surface area contributed by atoms with E-state index in [0.717, 1.165) is 44.9 Å². The van der Waals surface area contributed by atoms with E-state index in [9.17, 15) is 19.5 Å². The van der Waals surface area contributed by atoms with Crippen molar-refractivity contribution in [1.82, 2.24) is 15.0 Å². The largest absolute Gasteiger partial charge is 0.490 e. The molecule has 260 valence electrons. The SMILES string of the molecule is Cc1noc(C)c1NC(=O)Nc1ccc2c(c1)C(=O)N([C@H](C)CO)C[C@H](C)[C@H](CN(C)C(=O)C1CCCCC1)OCCCC[C@@H](C)O2. The summed E-state index contributed by atoms with van der Waals surface area (Å²) in [6.45, 7) is 10.2. The summed E-state index contributed by atoms with van der Waals surface area (Å²) in [6, 6.07) is 3.98. The summed E-state index contributed by atoms with van der Waals surface area (Å²) in [4.78, 5) is 44.0. The molecule has 0 bridgehead atoms. The lowest BCUT2D eigenvalue weighted by atomic mass is 9.88. The van der Waals surface area contributed by atoms with E-state index in [-0.39, 0.29) is 54.6 Å². The Kier molecular flexibility index (Phi) is 13.1. The van der Waals surface area contributed by atoms with E-state index in [1.54, 1.807) is 48.8 Å². The van der Waals surface area contributed by atoms with Gasteiger partial charge >= 0.3 is 6.03 Å². The number of ether oxygens (including phenoxy) is 2. The molecule has 0 radical (unpaired) electrons. The van der Waals surface area contributed by atoms with Gasteiger partial charge in [-0.2, -0.15) is 0 Å². The quantitative estimate of drug-likeness (QED) is 0.341. The summed E-state index contributed by atoms with van der Waals surface area (Å²) in [5.74, 6) is 0.622. The van der Waals surface area contributed by atoms with E-state index >= 15 is 0 Å². The van der Waals surface area contributed by atoms with Crippen LogP contribution in [0, 0.1) is 25.7 Å². The van der Waals surface area contributed by atoms with Crippen LogP contribution in [-0.4, -0.2) is 89.5 Å². The molecule has 2 heterocycles. The summed E-state index contributed by atoms with van der Waals surface area (Å²) in [5, 5.41) is 19.7. The van der Waals surface area contributed by atoms with Gasteiger partial charge in [-0.1, -0.05) is 31.3 Å². The van der Waals surface area contributed by atoms with Crippen molar-refractivity contribution in [3.05, 3.63) is 35.2 Å². The Balaban J connectivity index is 1.59. The molecule has 0 saturated heterocycles. The summed E-state index contributed by atoms with van der Waals surface area (Å²) >= 11 is 0. The van der Waals surface area contributed by atoms with Gasteiger partial charge in [0.05, 0.1) is 30.4 Å². The van der Waals surface area contributed by atoms with Crippen molar-refractivity contribution in [2.75, 3.05) is 44.0 Å². The molecule has 4 amide bonds. The van der Waals surface area contributed by atoms with E-state index in [2.05, 4.69) is 15.8 Å². The second kappa shape index (κ2) is 17.0. The van der Waals surface area contributed by atoms with E-state index in [4.69, 9.17) is 14.0 Å². The lowest BCUT2D eigenvalue weighted by Gasteiger charge is -2.36. The van der Waals surface area contributed by atoms with Crippen LogP contribution >= 0.6 is 0 Å². The Bertz CT molecular complexity index is 1340. The number of carbonyl (C=O) groups is 3. The number of carbonyl (C=O) groups excluding carboxylic acids is 3. The number of aliphatic hydroxyl groups excluding tert-OH is 1. The van der Waals surface area contributed by atoms with Gasteiger partial charge in [0.1, 0.15) is 17.1 Å². The topological polar surface area (TPSA) is 146 Å². The zero-order valence-corrected chi connectivity index (χ0v) is 28.8. The third kappa shape index (κ3) is 9.70. The molecule has 1 aromatic carbocycles. The number of anilines is 2. The van der Waals surface area contributed by atoms with Crippen LogP contribution in [0.25, 0.3) is 0 Å². The molecule has 1 aliphatic heterocycles. The molecule has 2 aromatic rings. The molecule has 12 nitrogen and oxygen atoms in total. The minimum atomic E-state index is -0.511. The zero-order chi connectivity index (χ0) is 34.1. The van der Waals surface area contributed by atoms with Crippen LogP contribution in [0.3, 0.4) is 0 Å². The maximum Gasteiger partial charge on any atom is 0.323 e. The fraction of sp³-hybridized carbons (Fsp3) is 0.657.